The Balaban J connectivity index is 1.97. The lowest BCUT2D eigenvalue weighted by Crippen LogP contribution is -2.08. The topological polar surface area (TPSA) is 28.7 Å². The molecule has 2 nitrogen and oxygen atoms in total. The Morgan fingerprint density at radius 1 is 1.29 bits per heavy atom. The number of hydrogen-bond donors (Lipinski definition) is 1. The normalized spacial score (nSPS) is 15.9. The molecule has 0 saturated heterocycles. The second-order valence-corrected chi connectivity index (χ2v) is 4.82. The molecule has 0 atom stereocenters. The van der Waals surface area contributed by atoms with Crippen molar-refractivity contribution < 1.29 is 4.39 Å². The van der Waals surface area contributed by atoms with Crippen molar-refractivity contribution in [2.45, 2.75) is 32.1 Å². The number of nitrogens with zero attached hydrogens (tertiary/aromatic N) is 1. The van der Waals surface area contributed by atoms with Gasteiger partial charge in [-0.3, -0.25) is 5.10 Å². The van der Waals surface area contributed by atoms with Gasteiger partial charge in [0.2, 0.25) is 0 Å². The summed E-state index contributed by atoms with van der Waals surface area (Å²) < 4.78 is 13.7. The maximum atomic E-state index is 13.7. The first kappa shape index (κ1) is 10.5. The van der Waals surface area contributed by atoms with Crippen molar-refractivity contribution in [3.63, 3.8) is 0 Å². The summed E-state index contributed by atoms with van der Waals surface area (Å²) >= 11 is 0. The van der Waals surface area contributed by atoms with E-state index in [0.717, 1.165) is 11.3 Å². The smallest absolute Gasteiger partial charge is 0.132 e. The molecule has 1 aromatic carbocycles. The summed E-state index contributed by atoms with van der Waals surface area (Å²) in [6.45, 7) is 1.96. The van der Waals surface area contributed by atoms with Gasteiger partial charge in [0.25, 0.3) is 0 Å². The number of rotatable bonds is 2. The minimum atomic E-state index is -0.206. The Hall–Kier alpha value is -1.64. The predicted octanol–water partition coefficient (Wildman–Crippen LogP) is 3.79. The Bertz CT molecular complexity index is 541. The van der Waals surface area contributed by atoms with E-state index in [9.17, 15) is 4.39 Å². The molecule has 3 rings (SSSR count). The zero-order valence-corrected chi connectivity index (χ0v) is 9.83. The summed E-state index contributed by atoms with van der Waals surface area (Å²) in [5.74, 6) is 0.395. The van der Waals surface area contributed by atoms with Crippen molar-refractivity contribution in [2.24, 2.45) is 0 Å². The number of halogens is 1. The van der Waals surface area contributed by atoms with Crippen LogP contribution in [-0.2, 0) is 0 Å². The summed E-state index contributed by atoms with van der Waals surface area (Å²) in [5.41, 5.74) is 3.50. The average molecular weight is 230 g/mol. The van der Waals surface area contributed by atoms with Crippen molar-refractivity contribution in [1.29, 1.82) is 0 Å². The van der Waals surface area contributed by atoms with Crippen molar-refractivity contribution in [3.8, 4) is 11.3 Å². The van der Waals surface area contributed by atoms with Gasteiger partial charge in [-0.05, 0) is 38.0 Å². The Labute approximate surface area is 99.9 Å². The van der Waals surface area contributed by atoms with Gasteiger partial charge in [-0.2, -0.15) is 5.10 Å². The molecule has 2 aromatic rings. The molecule has 1 aromatic heterocycles. The van der Waals surface area contributed by atoms with E-state index in [4.69, 9.17) is 0 Å². The van der Waals surface area contributed by atoms with E-state index in [1.807, 2.05) is 19.1 Å². The molecule has 0 radical (unpaired) electrons. The SMILES string of the molecule is Cc1ccc(F)c(-c2cc(C3CCC3)[nH]n2)c1. The van der Waals surface area contributed by atoms with E-state index in [2.05, 4.69) is 10.2 Å². The summed E-state index contributed by atoms with van der Waals surface area (Å²) in [7, 11) is 0. The molecule has 1 fully saturated rings. The lowest BCUT2D eigenvalue weighted by atomic mass is 9.83. The molecule has 0 spiro atoms. The first-order valence-electron chi connectivity index (χ1n) is 6.06. The number of aromatic amines is 1. The third-order valence-electron chi connectivity index (χ3n) is 3.54. The van der Waals surface area contributed by atoms with Crippen LogP contribution in [-0.4, -0.2) is 10.2 Å². The minimum absolute atomic E-state index is 0.206. The molecule has 1 saturated carbocycles. The highest BCUT2D eigenvalue weighted by molar-refractivity contribution is 5.61. The summed E-state index contributed by atoms with van der Waals surface area (Å²) in [5, 5.41) is 7.26. The van der Waals surface area contributed by atoms with Gasteiger partial charge in [-0.15, -0.1) is 0 Å². The fourth-order valence-electron chi connectivity index (χ4n) is 2.24. The average Bonchev–Trinajstić information content (AvgIpc) is 2.68. The lowest BCUT2D eigenvalue weighted by Gasteiger charge is -2.23. The van der Waals surface area contributed by atoms with Crippen LogP contribution < -0.4 is 0 Å². The molecule has 1 aliphatic rings. The summed E-state index contributed by atoms with van der Waals surface area (Å²) in [4.78, 5) is 0. The first-order valence-corrected chi connectivity index (χ1v) is 6.06. The molecular formula is C14H15FN2. The Morgan fingerprint density at radius 2 is 2.12 bits per heavy atom. The first-order chi connectivity index (χ1) is 8.24. The highest BCUT2D eigenvalue weighted by atomic mass is 19.1. The van der Waals surface area contributed by atoms with Crippen molar-refractivity contribution in [1.82, 2.24) is 10.2 Å². The molecule has 17 heavy (non-hydrogen) atoms. The van der Waals surface area contributed by atoms with Crippen LogP contribution in [0, 0.1) is 12.7 Å². The monoisotopic (exact) mass is 230 g/mol. The fourth-order valence-corrected chi connectivity index (χ4v) is 2.24. The molecule has 1 N–H and O–H groups in total. The third-order valence-corrected chi connectivity index (χ3v) is 3.54. The van der Waals surface area contributed by atoms with Crippen LogP contribution in [0.15, 0.2) is 24.3 Å². The number of aryl methyl sites for hydroxylation is 1. The maximum Gasteiger partial charge on any atom is 0.132 e. The standard InChI is InChI=1S/C14H15FN2/c1-9-5-6-12(15)11(7-9)14-8-13(16-17-14)10-3-2-4-10/h5-8,10H,2-4H2,1H3,(H,16,17). The molecule has 3 heteroatoms. The lowest BCUT2D eigenvalue weighted by molar-refractivity contribution is 0.410. The third kappa shape index (κ3) is 1.86. The Kier molecular flexibility index (Phi) is 2.46. The van der Waals surface area contributed by atoms with Gasteiger partial charge in [-0.25, -0.2) is 4.39 Å². The second kappa shape index (κ2) is 3.99. The van der Waals surface area contributed by atoms with Crippen LogP contribution in [0.1, 0.15) is 36.4 Å². The zero-order chi connectivity index (χ0) is 11.8. The van der Waals surface area contributed by atoms with Crippen LogP contribution in [0.5, 0.6) is 0 Å². The molecule has 0 aliphatic heterocycles. The number of benzene rings is 1. The number of nitrogens with one attached hydrogen (secondary N) is 1. The molecule has 88 valence electrons. The number of H-pyrrole nitrogens is 1. The fraction of sp³-hybridized carbons (Fsp3) is 0.357. The van der Waals surface area contributed by atoms with Gasteiger partial charge < -0.3 is 0 Å². The quantitative estimate of drug-likeness (QED) is 0.835. The van der Waals surface area contributed by atoms with Crippen molar-refractivity contribution in [2.75, 3.05) is 0 Å². The maximum absolute atomic E-state index is 13.7. The number of hydrogen-bond acceptors (Lipinski definition) is 1. The second-order valence-electron chi connectivity index (χ2n) is 4.82. The van der Waals surface area contributed by atoms with Gasteiger partial charge in [0.05, 0.1) is 5.69 Å². The van der Waals surface area contributed by atoms with E-state index >= 15 is 0 Å². The van der Waals surface area contributed by atoms with Crippen LogP contribution in [0.25, 0.3) is 11.3 Å². The highest BCUT2D eigenvalue weighted by Crippen LogP contribution is 2.36. The van der Waals surface area contributed by atoms with Crippen LogP contribution in [0.3, 0.4) is 0 Å². The summed E-state index contributed by atoms with van der Waals surface area (Å²) in [6.07, 6.45) is 3.73. The van der Waals surface area contributed by atoms with Crippen molar-refractivity contribution >= 4 is 0 Å². The van der Waals surface area contributed by atoms with Crippen LogP contribution in [0.4, 0.5) is 4.39 Å². The van der Waals surface area contributed by atoms with Crippen molar-refractivity contribution in [3.05, 3.63) is 41.3 Å². The Morgan fingerprint density at radius 3 is 2.82 bits per heavy atom. The van der Waals surface area contributed by atoms with Crippen LogP contribution in [0.2, 0.25) is 0 Å². The van der Waals surface area contributed by atoms with Gasteiger partial charge in [0.15, 0.2) is 0 Å². The largest absolute Gasteiger partial charge is 0.282 e. The van der Waals surface area contributed by atoms with Gasteiger partial charge in [-0.1, -0.05) is 18.1 Å². The molecule has 1 heterocycles. The van der Waals surface area contributed by atoms with E-state index in [1.54, 1.807) is 6.07 Å². The van der Waals surface area contributed by atoms with Gasteiger partial charge in [0, 0.05) is 17.2 Å². The van der Waals surface area contributed by atoms with Gasteiger partial charge in [0.1, 0.15) is 5.82 Å². The molecule has 0 amide bonds. The van der Waals surface area contributed by atoms with E-state index in [1.165, 1.54) is 25.3 Å². The van der Waals surface area contributed by atoms with E-state index in [0.29, 0.717) is 17.2 Å². The molecular weight excluding hydrogens is 215 g/mol. The number of aromatic nitrogens is 2. The molecule has 1 aliphatic carbocycles. The van der Waals surface area contributed by atoms with E-state index < -0.39 is 0 Å². The van der Waals surface area contributed by atoms with E-state index in [-0.39, 0.29) is 5.82 Å². The molecule has 0 bridgehead atoms. The zero-order valence-electron chi connectivity index (χ0n) is 9.83. The molecule has 0 unspecified atom stereocenters. The van der Waals surface area contributed by atoms with Gasteiger partial charge >= 0.3 is 0 Å². The van der Waals surface area contributed by atoms with Crippen LogP contribution >= 0.6 is 0 Å². The predicted molar refractivity (Wildman–Crippen MR) is 65.3 cm³/mol. The highest BCUT2D eigenvalue weighted by Gasteiger charge is 2.22. The minimum Gasteiger partial charge on any atom is -0.282 e. The summed E-state index contributed by atoms with van der Waals surface area (Å²) in [6, 6.07) is 7.11.